The Bertz CT molecular complexity index is 740. The van der Waals surface area contributed by atoms with Gasteiger partial charge in [-0.2, -0.15) is 4.31 Å². The summed E-state index contributed by atoms with van der Waals surface area (Å²) in [6, 6.07) is 5.15. The molecule has 1 aromatic carbocycles. The van der Waals surface area contributed by atoms with Crippen LogP contribution < -0.4 is 5.32 Å². The van der Waals surface area contributed by atoms with Gasteiger partial charge in [0.05, 0.1) is 11.4 Å². The van der Waals surface area contributed by atoms with Crippen LogP contribution in [0.1, 0.15) is 33.3 Å². The average molecular weight is 382 g/mol. The number of nitrogens with zero attached hydrogens (tertiary/aromatic N) is 2. The maximum absolute atomic E-state index is 12.8. The van der Waals surface area contributed by atoms with Crippen LogP contribution in [0.5, 0.6) is 0 Å². The molecular weight excluding hydrogens is 350 g/mol. The van der Waals surface area contributed by atoms with Gasteiger partial charge in [-0.25, -0.2) is 8.42 Å². The molecule has 0 spiro atoms. The molecule has 0 aliphatic carbocycles. The molecule has 0 radical (unpaired) electrons. The number of sulfonamides is 1. The molecule has 0 saturated heterocycles. The van der Waals surface area contributed by atoms with Gasteiger partial charge in [0.1, 0.15) is 0 Å². The smallest absolute Gasteiger partial charge is 0.243 e. The minimum atomic E-state index is -3.54. The van der Waals surface area contributed by atoms with Crippen molar-refractivity contribution in [2.24, 2.45) is 0 Å². The van der Waals surface area contributed by atoms with Crippen LogP contribution in [0.4, 0.5) is 5.69 Å². The number of carbonyl (C=O) groups excluding carboxylic acids is 1. The van der Waals surface area contributed by atoms with E-state index in [2.05, 4.69) is 11.9 Å². The van der Waals surface area contributed by atoms with E-state index in [0.717, 1.165) is 5.57 Å². The zero-order valence-electron chi connectivity index (χ0n) is 16.5. The average Bonchev–Trinajstić information content (AvgIpc) is 2.59. The van der Waals surface area contributed by atoms with Crippen molar-refractivity contribution < 1.29 is 13.2 Å². The van der Waals surface area contributed by atoms with E-state index in [1.165, 1.54) is 4.31 Å². The highest BCUT2D eigenvalue weighted by Gasteiger charge is 2.24. The lowest BCUT2D eigenvalue weighted by Gasteiger charge is -2.22. The predicted octanol–water partition coefficient (Wildman–Crippen LogP) is 2.86. The van der Waals surface area contributed by atoms with Gasteiger partial charge in [-0.1, -0.05) is 32.1 Å². The highest BCUT2D eigenvalue weighted by atomic mass is 32.2. The Balaban J connectivity index is 2.97. The van der Waals surface area contributed by atoms with E-state index in [0.29, 0.717) is 37.4 Å². The van der Waals surface area contributed by atoms with Crippen LogP contribution in [0.25, 0.3) is 0 Å². The van der Waals surface area contributed by atoms with Gasteiger partial charge in [-0.3, -0.25) is 4.79 Å². The molecule has 0 atom stereocenters. The summed E-state index contributed by atoms with van der Waals surface area (Å²) in [6.45, 7) is 15.1. The first-order valence-electron chi connectivity index (χ1n) is 8.94. The van der Waals surface area contributed by atoms with Crippen molar-refractivity contribution in [3.8, 4) is 0 Å². The number of likely N-dealkylation sites (N-methyl/N-ethyl adjacent to an activating group) is 1. The predicted molar refractivity (Wildman–Crippen MR) is 107 cm³/mol. The number of anilines is 1. The molecule has 0 aliphatic heterocycles. The second kappa shape index (κ2) is 9.73. The summed E-state index contributed by atoms with van der Waals surface area (Å²) in [5.74, 6) is -0.0516. The third-order valence-electron chi connectivity index (χ3n) is 4.15. The third-order valence-corrected chi connectivity index (χ3v) is 6.34. The van der Waals surface area contributed by atoms with E-state index in [-0.39, 0.29) is 17.3 Å². The van der Waals surface area contributed by atoms with Gasteiger partial charge in [-0.05, 0) is 38.5 Å². The first-order valence-corrected chi connectivity index (χ1v) is 10.4. The SMILES string of the molecule is C=C(C)CN(CC)C(=O)CNc1ccc(C)c(S(=O)(=O)N(CC)CC)c1. The fourth-order valence-corrected chi connectivity index (χ4v) is 4.39. The Morgan fingerprint density at radius 2 is 1.77 bits per heavy atom. The molecule has 6 nitrogen and oxygen atoms in total. The Kier molecular flexibility index (Phi) is 8.30. The van der Waals surface area contributed by atoms with Crippen LogP contribution in [0.2, 0.25) is 0 Å². The highest BCUT2D eigenvalue weighted by Crippen LogP contribution is 2.23. The molecule has 26 heavy (non-hydrogen) atoms. The standard InChI is InChI=1S/C19H31N3O3S/c1-7-21(14-15(4)5)19(23)13-20-17-11-10-16(6)18(12-17)26(24,25)22(8-2)9-3/h10-12,20H,4,7-9,13-14H2,1-3,5-6H3. The molecule has 0 fully saturated rings. The van der Waals surface area contributed by atoms with Crippen LogP contribution in [-0.2, 0) is 14.8 Å². The summed E-state index contributed by atoms with van der Waals surface area (Å²) in [5.41, 5.74) is 2.22. The minimum absolute atomic E-state index is 0.0516. The lowest BCUT2D eigenvalue weighted by molar-refractivity contribution is -0.128. The topological polar surface area (TPSA) is 69.7 Å². The van der Waals surface area contributed by atoms with Crippen LogP contribution in [0.3, 0.4) is 0 Å². The quantitative estimate of drug-likeness (QED) is 0.633. The molecular formula is C19H31N3O3S. The highest BCUT2D eigenvalue weighted by molar-refractivity contribution is 7.89. The number of hydrogen-bond donors (Lipinski definition) is 1. The van der Waals surface area contributed by atoms with Crippen molar-refractivity contribution in [2.75, 3.05) is 38.0 Å². The van der Waals surface area contributed by atoms with Gasteiger partial charge in [0.25, 0.3) is 0 Å². The van der Waals surface area contributed by atoms with Gasteiger partial charge in [0.15, 0.2) is 0 Å². The molecule has 7 heteroatoms. The number of nitrogens with one attached hydrogen (secondary N) is 1. The molecule has 1 rings (SSSR count). The summed E-state index contributed by atoms with van der Waals surface area (Å²) in [6.07, 6.45) is 0. The second-order valence-electron chi connectivity index (χ2n) is 6.29. The van der Waals surface area contributed by atoms with Crippen LogP contribution in [0, 0.1) is 6.92 Å². The molecule has 0 aromatic heterocycles. The lowest BCUT2D eigenvalue weighted by atomic mass is 10.2. The Hall–Kier alpha value is -1.86. The van der Waals surface area contributed by atoms with Crippen molar-refractivity contribution in [3.05, 3.63) is 35.9 Å². The zero-order valence-corrected chi connectivity index (χ0v) is 17.3. The van der Waals surface area contributed by atoms with E-state index < -0.39 is 10.0 Å². The maximum atomic E-state index is 12.8. The summed E-state index contributed by atoms with van der Waals surface area (Å²) < 4.78 is 27.0. The van der Waals surface area contributed by atoms with E-state index in [4.69, 9.17) is 0 Å². The summed E-state index contributed by atoms with van der Waals surface area (Å²) in [7, 11) is -3.54. The van der Waals surface area contributed by atoms with Gasteiger partial charge in [0, 0.05) is 31.9 Å². The van der Waals surface area contributed by atoms with Gasteiger partial charge in [0.2, 0.25) is 15.9 Å². The Morgan fingerprint density at radius 3 is 2.27 bits per heavy atom. The minimum Gasteiger partial charge on any atom is -0.376 e. The number of benzene rings is 1. The molecule has 0 bridgehead atoms. The van der Waals surface area contributed by atoms with Gasteiger partial charge < -0.3 is 10.2 Å². The van der Waals surface area contributed by atoms with E-state index in [1.807, 2.05) is 27.7 Å². The van der Waals surface area contributed by atoms with Crippen LogP contribution in [-0.4, -0.2) is 56.3 Å². The molecule has 1 N–H and O–H groups in total. The van der Waals surface area contributed by atoms with Crippen LogP contribution >= 0.6 is 0 Å². The summed E-state index contributed by atoms with van der Waals surface area (Å²) in [5, 5.41) is 3.04. The van der Waals surface area contributed by atoms with E-state index in [1.54, 1.807) is 30.0 Å². The number of amides is 1. The molecule has 146 valence electrons. The Morgan fingerprint density at radius 1 is 1.15 bits per heavy atom. The molecule has 0 saturated carbocycles. The van der Waals surface area contributed by atoms with Crippen molar-refractivity contribution >= 4 is 21.6 Å². The summed E-state index contributed by atoms with van der Waals surface area (Å²) in [4.78, 5) is 14.3. The Labute approximate surface area is 157 Å². The van der Waals surface area contributed by atoms with Gasteiger partial charge in [-0.15, -0.1) is 0 Å². The second-order valence-corrected chi connectivity index (χ2v) is 8.19. The van der Waals surface area contributed by atoms with E-state index in [9.17, 15) is 13.2 Å². The fraction of sp³-hybridized carbons (Fsp3) is 0.526. The molecule has 1 aromatic rings. The first-order chi connectivity index (χ1) is 12.2. The van der Waals surface area contributed by atoms with Crippen molar-refractivity contribution in [1.29, 1.82) is 0 Å². The van der Waals surface area contributed by atoms with Gasteiger partial charge >= 0.3 is 0 Å². The van der Waals surface area contributed by atoms with Crippen LogP contribution in [0.15, 0.2) is 35.2 Å². The fourth-order valence-electron chi connectivity index (χ4n) is 2.68. The zero-order chi connectivity index (χ0) is 19.9. The number of hydrogen-bond acceptors (Lipinski definition) is 4. The normalized spacial score (nSPS) is 11.5. The molecule has 0 unspecified atom stereocenters. The molecule has 0 aliphatic rings. The van der Waals surface area contributed by atoms with E-state index >= 15 is 0 Å². The largest absolute Gasteiger partial charge is 0.376 e. The lowest BCUT2D eigenvalue weighted by Crippen LogP contribution is -2.36. The van der Waals surface area contributed by atoms with Crippen molar-refractivity contribution in [1.82, 2.24) is 9.21 Å². The number of rotatable bonds is 10. The molecule has 1 amide bonds. The first kappa shape index (κ1) is 22.2. The number of carbonyl (C=O) groups is 1. The molecule has 0 heterocycles. The maximum Gasteiger partial charge on any atom is 0.243 e. The third kappa shape index (κ3) is 5.57. The monoisotopic (exact) mass is 381 g/mol. The van der Waals surface area contributed by atoms with Crippen molar-refractivity contribution in [2.45, 2.75) is 39.5 Å². The number of aryl methyl sites for hydroxylation is 1. The van der Waals surface area contributed by atoms with Crippen molar-refractivity contribution in [3.63, 3.8) is 0 Å². The summed E-state index contributed by atoms with van der Waals surface area (Å²) >= 11 is 0.